The quantitative estimate of drug-likeness (QED) is 0.491. The lowest BCUT2D eigenvalue weighted by molar-refractivity contribution is 0.559. The van der Waals surface area contributed by atoms with Crippen LogP contribution < -0.4 is 0 Å². The van der Waals surface area contributed by atoms with Gasteiger partial charge in [0.2, 0.25) is 0 Å². The van der Waals surface area contributed by atoms with E-state index in [4.69, 9.17) is 0 Å². The van der Waals surface area contributed by atoms with E-state index in [0.29, 0.717) is 0 Å². The van der Waals surface area contributed by atoms with Crippen LogP contribution in [0.15, 0.2) is 72.8 Å². The van der Waals surface area contributed by atoms with Crippen molar-refractivity contribution in [2.24, 2.45) is 0 Å². The molecule has 0 bridgehead atoms. The van der Waals surface area contributed by atoms with Gasteiger partial charge in [0, 0.05) is 0 Å². The minimum Gasteiger partial charge on any atom is -0.228 e. The maximum Gasteiger partial charge on any atom is 0.159 e. The molecule has 0 saturated heterocycles. The van der Waals surface area contributed by atoms with Gasteiger partial charge in [0.25, 0.3) is 0 Å². The number of aryl methyl sites for hydroxylation is 3. The fourth-order valence-corrected chi connectivity index (χ4v) is 4.20. The van der Waals surface area contributed by atoms with E-state index in [2.05, 4.69) is 55.5 Å². The Morgan fingerprint density at radius 2 is 1.00 bits per heavy atom. The van der Waals surface area contributed by atoms with Crippen molar-refractivity contribution in [1.29, 1.82) is 0 Å². The van der Waals surface area contributed by atoms with Gasteiger partial charge in [-0.05, 0) is 68.4 Å². The van der Waals surface area contributed by atoms with Crippen LogP contribution in [0.2, 0.25) is 0 Å². The van der Waals surface area contributed by atoms with E-state index < -0.39 is 14.6 Å². The van der Waals surface area contributed by atoms with Crippen molar-refractivity contribution in [2.75, 3.05) is 0 Å². The highest BCUT2D eigenvalue weighted by atomic mass is 32.2. The predicted molar refractivity (Wildman–Crippen MR) is 123 cm³/mol. The molecule has 3 rings (SSSR count). The summed E-state index contributed by atoms with van der Waals surface area (Å²) in [5, 5.41) is 0. The van der Waals surface area contributed by atoms with Crippen LogP contribution in [-0.4, -0.2) is 13.2 Å². The molecule has 3 aromatic rings. The van der Waals surface area contributed by atoms with Gasteiger partial charge in [-0.1, -0.05) is 78.4 Å². The highest BCUT2D eigenvalue weighted by Gasteiger charge is 2.28. The SMILES string of the molecule is Cc1ccc(-c2ccc(CCc3ccc(CS(=O)(=O)C(C)(C)C)cc3)cc2)cc1. The Morgan fingerprint density at radius 1 is 0.621 bits per heavy atom. The van der Waals surface area contributed by atoms with Gasteiger partial charge in [0.1, 0.15) is 0 Å². The monoisotopic (exact) mass is 406 g/mol. The largest absolute Gasteiger partial charge is 0.228 e. The molecule has 0 atom stereocenters. The molecular weight excluding hydrogens is 376 g/mol. The molecule has 2 nitrogen and oxygen atoms in total. The molecule has 0 amide bonds. The Bertz CT molecular complexity index is 1040. The number of hydrogen-bond donors (Lipinski definition) is 0. The van der Waals surface area contributed by atoms with Crippen LogP contribution >= 0.6 is 0 Å². The topological polar surface area (TPSA) is 34.1 Å². The molecule has 0 unspecified atom stereocenters. The van der Waals surface area contributed by atoms with E-state index in [1.165, 1.54) is 27.8 Å². The molecule has 0 fully saturated rings. The van der Waals surface area contributed by atoms with E-state index in [9.17, 15) is 8.42 Å². The molecule has 0 aliphatic rings. The average Bonchev–Trinajstić information content (AvgIpc) is 2.67. The van der Waals surface area contributed by atoms with E-state index in [1.807, 2.05) is 24.3 Å². The number of rotatable bonds is 6. The Labute approximate surface area is 175 Å². The van der Waals surface area contributed by atoms with Crippen molar-refractivity contribution in [1.82, 2.24) is 0 Å². The first kappa shape index (κ1) is 21.3. The number of sulfone groups is 1. The zero-order chi connectivity index (χ0) is 21.1. The summed E-state index contributed by atoms with van der Waals surface area (Å²) in [6, 6.07) is 25.3. The Balaban J connectivity index is 1.59. The fraction of sp³-hybridized carbons (Fsp3) is 0.308. The van der Waals surface area contributed by atoms with E-state index in [1.54, 1.807) is 20.8 Å². The van der Waals surface area contributed by atoms with E-state index >= 15 is 0 Å². The summed E-state index contributed by atoms with van der Waals surface area (Å²) in [6.45, 7) is 7.35. The summed E-state index contributed by atoms with van der Waals surface area (Å²) in [5.74, 6) is 0.0945. The lowest BCUT2D eigenvalue weighted by Gasteiger charge is -2.19. The minimum absolute atomic E-state index is 0.0945. The molecule has 0 aliphatic heterocycles. The van der Waals surface area contributed by atoms with Gasteiger partial charge in [-0.2, -0.15) is 0 Å². The van der Waals surface area contributed by atoms with Gasteiger partial charge in [-0.15, -0.1) is 0 Å². The molecule has 0 saturated carbocycles. The van der Waals surface area contributed by atoms with Crippen LogP contribution in [0.4, 0.5) is 0 Å². The van der Waals surface area contributed by atoms with Crippen molar-refractivity contribution in [3.8, 4) is 11.1 Å². The summed E-state index contributed by atoms with van der Waals surface area (Å²) in [4.78, 5) is 0. The summed E-state index contributed by atoms with van der Waals surface area (Å²) >= 11 is 0. The van der Waals surface area contributed by atoms with Crippen LogP contribution in [0, 0.1) is 6.92 Å². The zero-order valence-electron chi connectivity index (χ0n) is 17.8. The van der Waals surface area contributed by atoms with Crippen molar-refractivity contribution >= 4 is 9.84 Å². The number of benzene rings is 3. The summed E-state index contributed by atoms with van der Waals surface area (Å²) < 4.78 is 24.0. The summed E-state index contributed by atoms with van der Waals surface area (Å²) in [6.07, 6.45) is 1.91. The van der Waals surface area contributed by atoms with E-state index in [-0.39, 0.29) is 5.75 Å². The molecule has 0 spiro atoms. The first-order valence-electron chi connectivity index (χ1n) is 10.1. The second-order valence-corrected chi connectivity index (χ2v) is 11.5. The first-order chi connectivity index (χ1) is 13.6. The molecule has 0 aliphatic carbocycles. The summed E-state index contributed by atoms with van der Waals surface area (Å²) in [5.41, 5.74) is 7.13. The second kappa shape index (κ2) is 8.54. The third kappa shape index (κ3) is 5.57. The molecule has 0 heterocycles. The van der Waals surface area contributed by atoms with Crippen molar-refractivity contribution < 1.29 is 8.42 Å². The molecule has 0 N–H and O–H groups in total. The Kier molecular flexibility index (Phi) is 6.28. The standard InChI is InChI=1S/C26H30O2S/c1-20-5-15-24(16-6-20)25-17-13-22(14-18-25)8-7-21-9-11-23(12-10-21)19-29(27,28)26(2,3)4/h5-6,9-18H,7-8,19H2,1-4H3. The molecule has 0 aromatic heterocycles. The molecule has 3 aromatic carbocycles. The maximum absolute atomic E-state index is 12.4. The Morgan fingerprint density at radius 3 is 1.45 bits per heavy atom. The third-order valence-corrected chi connectivity index (χ3v) is 7.93. The lowest BCUT2D eigenvalue weighted by Crippen LogP contribution is -2.29. The van der Waals surface area contributed by atoms with Crippen molar-refractivity contribution in [3.05, 3.63) is 95.1 Å². The second-order valence-electron chi connectivity index (χ2n) is 8.75. The summed E-state index contributed by atoms with van der Waals surface area (Å²) in [7, 11) is -3.15. The predicted octanol–water partition coefficient (Wildman–Crippen LogP) is 6.16. The first-order valence-corrected chi connectivity index (χ1v) is 11.8. The van der Waals surface area contributed by atoms with Crippen LogP contribution in [0.25, 0.3) is 11.1 Å². The van der Waals surface area contributed by atoms with Gasteiger partial charge in [-0.25, -0.2) is 8.42 Å². The fourth-order valence-electron chi connectivity index (χ4n) is 3.14. The van der Waals surface area contributed by atoms with Gasteiger partial charge >= 0.3 is 0 Å². The highest BCUT2D eigenvalue weighted by molar-refractivity contribution is 7.91. The normalized spacial score (nSPS) is 12.1. The van der Waals surface area contributed by atoms with Gasteiger partial charge < -0.3 is 0 Å². The molecule has 152 valence electrons. The van der Waals surface area contributed by atoms with Crippen LogP contribution in [0.1, 0.15) is 43.0 Å². The smallest absolute Gasteiger partial charge is 0.159 e. The number of hydrogen-bond acceptors (Lipinski definition) is 2. The molecule has 29 heavy (non-hydrogen) atoms. The van der Waals surface area contributed by atoms with Crippen LogP contribution in [0.3, 0.4) is 0 Å². The highest BCUT2D eigenvalue weighted by Crippen LogP contribution is 2.22. The molecular formula is C26H30O2S. The molecule has 3 heteroatoms. The Hall–Kier alpha value is -2.39. The van der Waals surface area contributed by atoms with Crippen LogP contribution in [-0.2, 0) is 28.4 Å². The zero-order valence-corrected chi connectivity index (χ0v) is 18.6. The van der Waals surface area contributed by atoms with Gasteiger partial charge in [-0.3, -0.25) is 0 Å². The average molecular weight is 407 g/mol. The maximum atomic E-state index is 12.4. The molecule has 0 radical (unpaired) electrons. The third-order valence-electron chi connectivity index (χ3n) is 5.35. The minimum atomic E-state index is -3.15. The van der Waals surface area contributed by atoms with Gasteiger partial charge in [0.05, 0.1) is 10.5 Å². The van der Waals surface area contributed by atoms with Gasteiger partial charge in [0.15, 0.2) is 9.84 Å². The van der Waals surface area contributed by atoms with Crippen LogP contribution in [0.5, 0.6) is 0 Å². The lowest BCUT2D eigenvalue weighted by atomic mass is 9.99. The van der Waals surface area contributed by atoms with Crippen molar-refractivity contribution in [3.63, 3.8) is 0 Å². The van der Waals surface area contributed by atoms with Crippen molar-refractivity contribution in [2.45, 2.75) is 51.0 Å². The van der Waals surface area contributed by atoms with E-state index in [0.717, 1.165) is 18.4 Å².